The van der Waals surface area contributed by atoms with Crippen molar-refractivity contribution >= 4 is 5.78 Å². The fourth-order valence-corrected chi connectivity index (χ4v) is 0.553. The Morgan fingerprint density at radius 3 is 2.33 bits per heavy atom. The third-order valence-corrected chi connectivity index (χ3v) is 1.08. The first-order valence-electron chi connectivity index (χ1n) is 3.38. The summed E-state index contributed by atoms with van der Waals surface area (Å²) < 4.78 is 34.7. The minimum absolute atomic E-state index is 0.0140. The summed E-state index contributed by atoms with van der Waals surface area (Å²) in [5.41, 5.74) is 0. The molecule has 0 heterocycles. The van der Waals surface area contributed by atoms with Gasteiger partial charge in [0.25, 0.3) is 0 Å². The van der Waals surface area contributed by atoms with Gasteiger partial charge in [0, 0.05) is 12.5 Å². The summed E-state index contributed by atoms with van der Waals surface area (Å²) in [6.45, 7) is 1.66. The van der Waals surface area contributed by atoms with E-state index in [2.05, 4.69) is 0 Å². The highest BCUT2D eigenvalue weighted by atomic mass is 19.4. The van der Waals surface area contributed by atoms with E-state index in [0.29, 0.717) is 6.42 Å². The summed E-state index contributed by atoms with van der Waals surface area (Å²) in [4.78, 5) is 10.6. The summed E-state index contributed by atoms with van der Waals surface area (Å²) in [5, 5.41) is 8.30. The number of halogens is 3. The maximum absolute atomic E-state index is 11.6. The molecule has 0 radical (unpaired) electrons. The fraction of sp³-hybridized carbons (Fsp3) is 0.571. The van der Waals surface area contributed by atoms with Gasteiger partial charge >= 0.3 is 6.18 Å². The molecule has 12 heavy (non-hydrogen) atoms. The van der Waals surface area contributed by atoms with Crippen molar-refractivity contribution in [1.29, 1.82) is 0 Å². The van der Waals surface area contributed by atoms with Crippen LogP contribution in [0.1, 0.15) is 19.8 Å². The second kappa shape index (κ2) is 4.13. The Labute approximate surface area is 67.7 Å². The second-order valence-corrected chi connectivity index (χ2v) is 2.24. The van der Waals surface area contributed by atoms with Gasteiger partial charge in [-0.3, -0.25) is 4.79 Å². The molecule has 0 aromatic rings. The molecule has 0 amide bonds. The largest absolute Gasteiger partial charge is 0.504 e. The normalized spacial score (nSPS) is 13.2. The van der Waals surface area contributed by atoms with Crippen molar-refractivity contribution in [3.05, 3.63) is 11.8 Å². The number of aliphatic hydroxyl groups is 1. The number of alkyl halides is 3. The molecule has 70 valence electrons. The van der Waals surface area contributed by atoms with Crippen LogP contribution in [0.15, 0.2) is 11.8 Å². The Hall–Kier alpha value is -1.00. The lowest BCUT2D eigenvalue weighted by Gasteiger charge is -2.03. The molecule has 2 nitrogen and oxygen atoms in total. The molecule has 0 saturated heterocycles. The monoisotopic (exact) mass is 182 g/mol. The predicted molar refractivity (Wildman–Crippen MR) is 36.7 cm³/mol. The molecule has 0 aromatic heterocycles. The Balaban J connectivity index is 4.26. The Morgan fingerprint density at radius 2 is 2.00 bits per heavy atom. The maximum atomic E-state index is 11.6. The summed E-state index contributed by atoms with van der Waals surface area (Å²) in [5.74, 6) is -2.55. The van der Waals surface area contributed by atoms with E-state index in [1.54, 1.807) is 6.92 Å². The van der Waals surface area contributed by atoms with Crippen LogP contribution in [-0.4, -0.2) is 17.1 Å². The van der Waals surface area contributed by atoms with Gasteiger partial charge in [0.05, 0.1) is 0 Å². The first-order chi connectivity index (χ1) is 5.38. The lowest BCUT2D eigenvalue weighted by molar-refractivity contribution is -0.125. The molecule has 0 rings (SSSR count). The van der Waals surface area contributed by atoms with Crippen molar-refractivity contribution in [2.75, 3.05) is 0 Å². The number of carbonyl (C=O) groups excluding carboxylic acids is 1. The first-order valence-corrected chi connectivity index (χ1v) is 3.38. The van der Waals surface area contributed by atoms with Gasteiger partial charge in [-0.2, -0.15) is 13.2 Å². The Kier molecular flexibility index (Phi) is 3.79. The smallest absolute Gasteiger partial charge is 0.448 e. The minimum atomic E-state index is -4.82. The molecule has 0 aliphatic heterocycles. The zero-order valence-corrected chi connectivity index (χ0v) is 6.48. The van der Waals surface area contributed by atoms with E-state index in [1.165, 1.54) is 0 Å². The predicted octanol–water partition coefficient (Wildman–Crippen LogP) is 2.36. The van der Waals surface area contributed by atoms with Gasteiger partial charge in [0.1, 0.15) is 0 Å². The molecule has 0 unspecified atom stereocenters. The highest BCUT2D eigenvalue weighted by Crippen LogP contribution is 2.22. The van der Waals surface area contributed by atoms with Gasteiger partial charge in [0.2, 0.25) is 5.76 Å². The summed E-state index contributed by atoms with van der Waals surface area (Å²) in [6, 6.07) is 0. The molecule has 0 spiro atoms. The number of hydrogen-bond donors (Lipinski definition) is 1. The molecule has 0 saturated carbocycles. The van der Waals surface area contributed by atoms with E-state index in [4.69, 9.17) is 5.11 Å². The summed E-state index contributed by atoms with van der Waals surface area (Å²) in [7, 11) is 0. The van der Waals surface area contributed by atoms with Crippen LogP contribution in [0.5, 0.6) is 0 Å². The van der Waals surface area contributed by atoms with Crippen LogP contribution in [0.25, 0.3) is 0 Å². The van der Waals surface area contributed by atoms with Crippen LogP contribution in [0, 0.1) is 0 Å². The molecule has 5 heteroatoms. The Morgan fingerprint density at radius 1 is 1.50 bits per heavy atom. The molecule has 0 aliphatic rings. The maximum Gasteiger partial charge on any atom is 0.448 e. The van der Waals surface area contributed by atoms with E-state index >= 15 is 0 Å². The van der Waals surface area contributed by atoms with Crippen molar-refractivity contribution in [2.24, 2.45) is 0 Å². The number of rotatable bonds is 3. The minimum Gasteiger partial charge on any atom is -0.504 e. The van der Waals surface area contributed by atoms with Gasteiger partial charge in [-0.25, -0.2) is 0 Å². The van der Waals surface area contributed by atoms with E-state index in [0.717, 1.165) is 0 Å². The fourth-order valence-electron chi connectivity index (χ4n) is 0.553. The average molecular weight is 182 g/mol. The highest BCUT2D eigenvalue weighted by Gasteiger charge is 2.34. The van der Waals surface area contributed by atoms with Crippen LogP contribution in [0.4, 0.5) is 13.2 Å². The van der Waals surface area contributed by atoms with Crippen LogP contribution in [-0.2, 0) is 4.79 Å². The topological polar surface area (TPSA) is 37.3 Å². The van der Waals surface area contributed by atoms with Gasteiger partial charge in [-0.15, -0.1) is 0 Å². The van der Waals surface area contributed by atoms with Gasteiger partial charge in [-0.1, -0.05) is 6.92 Å². The summed E-state index contributed by atoms with van der Waals surface area (Å²) in [6.07, 6.45) is -4.13. The van der Waals surface area contributed by atoms with Crippen LogP contribution < -0.4 is 0 Å². The molecular weight excluding hydrogens is 173 g/mol. The molecule has 1 N–H and O–H groups in total. The lowest BCUT2D eigenvalue weighted by Crippen LogP contribution is -2.12. The summed E-state index contributed by atoms with van der Waals surface area (Å²) >= 11 is 0. The van der Waals surface area contributed by atoms with Crippen LogP contribution >= 0.6 is 0 Å². The highest BCUT2D eigenvalue weighted by molar-refractivity contribution is 5.90. The number of carbonyl (C=O) groups is 1. The number of aliphatic hydroxyl groups excluding tert-OH is 1. The standard InChI is InChI=1S/C7H9F3O2/c1-2-3-5(11)4-6(12)7(8,9)10/h4,12H,2-3H2,1H3. The molecule has 0 aromatic carbocycles. The molecule has 0 fully saturated rings. The van der Waals surface area contributed by atoms with Crippen LogP contribution in [0.2, 0.25) is 0 Å². The molecule has 0 atom stereocenters. The number of hydrogen-bond acceptors (Lipinski definition) is 2. The molecule has 0 bridgehead atoms. The zero-order chi connectivity index (χ0) is 9.78. The van der Waals surface area contributed by atoms with Crippen molar-refractivity contribution in [1.82, 2.24) is 0 Å². The van der Waals surface area contributed by atoms with Crippen molar-refractivity contribution in [2.45, 2.75) is 25.9 Å². The number of ketones is 1. The van der Waals surface area contributed by atoms with Crippen LogP contribution in [0.3, 0.4) is 0 Å². The third-order valence-electron chi connectivity index (χ3n) is 1.08. The Bertz CT molecular complexity index is 193. The van der Waals surface area contributed by atoms with E-state index in [1.807, 2.05) is 0 Å². The third kappa shape index (κ3) is 4.00. The molecular formula is C7H9F3O2. The quantitative estimate of drug-likeness (QED) is 0.537. The average Bonchev–Trinajstić information content (AvgIpc) is 1.85. The van der Waals surface area contributed by atoms with E-state index in [-0.39, 0.29) is 12.5 Å². The molecule has 0 aliphatic carbocycles. The van der Waals surface area contributed by atoms with Gasteiger partial charge < -0.3 is 5.11 Å². The SMILES string of the molecule is CCCC(=O)C=C(O)C(F)(F)F. The lowest BCUT2D eigenvalue weighted by atomic mass is 10.2. The van der Waals surface area contributed by atoms with Gasteiger partial charge in [-0.05, 0) is 6.42 Å². The second-order valence-electron chi connectivity index (χ2n) is 2.24. The van der Waals surface area contributed by atoms with Gasteiger partial charge in [0.15, 0.2) is 5.78 Å². The zero-order valence-electron chi connectivity index (χ0n) is 6.48. The van der Waals surface area contributed by atoms with Crippen molar-refractivity contribution in [3.63, 3.8) is 0 Å². The van der Waals surface area contributed by atoms with E-state index < -0.39 is 17.7 Å². The number of allylic oxidation sites excluding steroid dienone is 2. The first kappa shape index (κ1) is 11.0. The van der Waals surface area contributed by atoms with Crippen molar-refractivity contribution in [3.8, 4) is 0 Å². The van der Waals surface area contributed by atoms with E-state index in [9.17, 15) is 18.0 Å². The van der Waals surface area contributed by atoms with Crippen molar-refractivity contribution < 1.29 is 23.1 Å².